The van der Waals surface area contributed by atoms with E-state index in [0.29, 0.717) is 49.7 Å². The Hall–Kier alpha value is -3.01. The molecule has 0 aromatic rings. The van der Waals surface area contributed by atoms with Crippen molar-refractivity contribution in [3.8, 4) is 0 Å². The number of allylic oxidation sites excluding steroid dienone is 4. The number of ether oxygens (including phenoxy) is 8. The first-order valence-electron chi connectivity index (χ1n) is 28.0. The van der Waals surface area contributed by atoms with Gasteiger partial charge in [-0.15, -0.1) is 0 Å². The van der Waals surface area contributed by atoms with Gasteiger partial charge in [0.15, 0.2) is 31.1 Å². The van der Waals surface area contributed by atoms with Crippen molar-refractivity contribution in [3.05, 3.63) is 34.9 Å². The molecule has 0 aromatic heterocycles. The molecule has 8 aliphatic rings. The van der Waals surface area contributed by atoms with Gasteiger partial charge in [0, 0.05) is 16.6 Å². The molecule has 0 aromatic carbocycles. The highest BCUT2D eigenvalue weighted by Crippen LogP contribution is 2.76. The first kappa shape index (κ1) is 62.0. The van der Waals surface area contributed by atoms with E-state index >= 15 is 0 Å². The summed E-state index contributed by atoms with van der Waals surface area (Å²) in [5.74, 6) is -3.40. The molecular formula is C57H88O22. The lowest BCUT2D eigenvalue weighted by atomic mass is 9.33. The fourth-order valence-electron chi connectivity index (χ4n) is 16.2. The predicted molar refractivity (Wildman–Crippen MR) is 275 cm³/mol. The van der Waals surface area contributed by atoms with Crippen LogP contribution in [0.1, 0.15) is 121 Å². The Bertz CT molecular complexity index is 2350. The number of aliphatic carboxylic acids is 1. The molecule has 79 heavy (non-hydrogen) atoms. The number of hydrogen-bond acceptors (Lipinski definition) is 21. The number of fused-ring (bicyclic) bond motifs is 7. The van der Waals surface area contributed by atoms with Crippen LogP contribution >= 0.6 is 0 Å². The van der Waals surface area contributed by atoms with E-state index in [-0.39, 0.29) is 23.7 Å². The second-order valence-corrected chi connectivity index (χ2v) is 26.0. The molecule has 448 valence electrons. The second-order valence-electron chi connectivity index (χ2n) is 26.0. The highest BCUT2D eigenvalue weighted by molar-refractivity contribution is 5.89. The highest BCUT2D eigenvalue weighted by Gasteiger charge is 2.74. The van der Waals surface area contributed by atoms with E-state index in [1.807, 2.05) is 13.8 Å². The molecule has 3 heterocycles. The Kier molecular flexibility index (Phi) is 17.7. The van der Waals surface area contributed by atoms with Gasteiger partial charge < -0.3 is 94.1 Å². The molecule has 22 nitrogen and oxygen atoms in total. The van der Waals surface area contributed by atoms with Gasteiger partial charge in [-0.2, -0.15) is 0 Å². The summed E-state index contributed by atoms with van der Waals surface area (Å²) >= 11 is 0. The number of carbonyl (C=O) groups excluding carboxylic acids is 2. The zero-order valence-electron chi connectivity index (χ0n) is 47.3. The van der Waals surface area contributed by atoms with Crippen molar-refractivity contribution in [2.24, 2.45) is 50.2 Å². The number of aliphatic hydroxyl groups is 10. The summed E-state index contributed by atoms with van der Waals surface area (Å²) in [6.45, 7) is 19.4. The molecule has 0 spiro atoms. The van der Waals surface area contributed by atoms with Crippen LogP contribution in [0.4, 0.5) is 0 Å². The molecule has 25 atom stereocenters. The molecule has 22 heteroatoms. The van der Waals surface area contributed by atoms with Crippen LogP contribution < -0.4 is 0 Å². The largest absolute Gasteiger partial charge is 0.479 e. The van der Waals surface area contributed by atoms with Gasteiger partial charge in [0.25, 0.3) is 0 Å². The van der Waals surface area contributed by atoms with Crippen LogP contribution in [-0.4, -0.2) is 204 Å². The summed E-state index contributed by atoms with van der Waals surface area (Å²) in [4.78, 5) is 40.3. The van der Waals surface area contributed by atoms with Crippen LogP contribution in [0.15, 0.2) is 34.9 Å². The van der Waals surface area contributed by atoms with E-state index in [1.54, 1.807) is 39.8 Å². The van der Waals surface area contributed by atoms with Gasteiger partial charge in [0.2, 0.25) is 0 Å². The van der Waals surface area contributed by atoms with Gasteiger partial charge in [-0.05, 0) is 112 Å². The third-order valence-corrected chi connectivity index (χ3v) is 21.3. The monoisotopic (exact) mass is 1120 g/mol. The van der Waals surface area contributed by atoms with Crippen LogP contribution in [0.25, 0.3) is 0 Å². The lowest BCUT2D eigenvalue weighted by Crippen LogP contribution is -2.72. The normalized spacial score (nSPS) is 48.6. The summed E-state index contributed by atoms with van der Waals surface area (Å²) in [6, 6.07) is 0. The summed E-state index contributed by atoms with van der Waals surface area (Å²) < 4.78 is 49.2. The number of carboxylic acids is 1. The maximum absolute atomic E-state index is 13.8. The Balaban J connectivity index is 1.12. The summed E-state index contributed by atoms with van der Waals surface area (Å²) in [5, 5.41) is 121. The average molecular weight is 1130 g/mol. The third-order valence-electron chi connectivity index (χ3n) is 21.3. The Labute approximate surface area is 461 Å². The lowest BCUT2D eigenvalue weighted by Gasteiger charge is -2.72. The molecule has 5 aliphatic carbocycles. The minimum absolute atomic E-state index is 0.0232. The maximum Gasteiger partial charge on any atom is 0.335 e. The Morgan fingerprint density at radius 3 is 1.73 bits per heavy atom. The van der Waals surface area contributed by atoms with Crippen molar-refractivity contribution in [3.63, 3.8) is 0 Å². The fraction of sp³-hybridized carbons (Fsp3) is 0.842. The van der Waals surface area contributed by atoms with Gasteiger partial charge in [-0.25, -0.2) is 14.4 Å². The van der Waals surface area contributed by atoms with Crippen LogP contribution in [-0.2, 0) is 52.3 Å². The highest BCUT2D eigenvalue weighted by atomic mass is 16.8. The first-order valence-corrected chi connectivity index (χ1v) is 28.0. The minimum atomic E-state index is -2.10. The summed E-state index contributed by atoms with van der Waals surface area (Å²) in [6.07, 6.45) is -20.2. The third kappa shape index (κ3) is 9.99. The molecule has 0 radical (unpaired) electrons. The zero-order valence-corrected chi connectivity index (χ0v) is 47.3. The van der Waals surface area contributed by atoms with Gasteiger partial charge in [0.05, 0.1) is 37.4 Å². The molecule has 8 unspecified atom stereocenters. The SMILES string of the molecule is CC=C(C)C(=O)O[C@H]1[C@H](OC(=O)C(C)=CC)[C@@]2(CO)C(CC1(C)C)C1=CCC3[C@@]4(C)CC[C@H](O[C@@H]5OC(C(=O)O)[C@@H](O)C(O[C@@H]6O[C@@H](CO)C(O)[C@@H]6O)[C@@H]5O[C@@H]5OC(CO)[C@H](O)C(O)[C@@H]5O)C(C)(C)C4CC[C@@]3(C)[C@]1(C)C[C@H]2O. The summed E-state index contributed by atoms with van der Waals surface area (Å²) in [5.41, 5.74) is -2.71. The lowest BCUT2D eigenvalue weighted by molar-refractivity contribution is -0.386. The van der Waals surface area contributed by atoms with Crippen LogP contribution in [0.3, 0.4) is 0 Å². The van der Waals surface area contributed by atoms with Gasteiger partial charge in [-0.1, -0.05) is 72.3 Å². The molecular weight excluding hydrogens is 1040 g/mol. The van der Waals surface area contributed by atoms with Crippen molar-refractivity contribution in [1.29, 1.82) is 0 Å². The van der Waals surface area contributed by atoms with Crippen molar-refractivity contribution in [1.82, 2.24) is 0 Å². The molecule has 3 aliphatic heterocycles. The number of hydrogen-bond donors (Lipinski definition) is 11. The quantitative estimate of drug-likeness (QED) is 0.0505. The van der Waals surface area contributed by atoms with Gasteiger partial charge in [0.1, 0.15) is 67.1 Å². The van der Waals surface area contributed by atoms with Crippen LogP contribution in [0.5, 0.6) is 0 Å². The molecule has 8 rings (SSSR count). The van der Waals surface area contributed by atoms with Crippen molar-refractivity contribution in [2.45, 2.75) is 232 Å². The zero-order chi connectivity index (χ0) is 58.4. The number of aliphatic hydroxyl groups excluding tert-OH is 10. The number of rotatable bonds is 14. The molecule has 0 amide bonds. The Morgan fingerprint density at radius 2 is 1.19 bits per heavy atom. The molecule has 0 bridgehead atoms. The topological polar surface area (TPSA) is 348 Å². The number of carboxylic acid groups (broad SMARTS) is 1. The van der Waals surface area contributed by atoms with E-state index in [0.717, 1.165) is 5.57 Å². The van der Waals surface area contributed by atoms with E-state index < -0.39 is 181 Å². The molecule has 7 fully saturated rings. The van der Waals surface area contributed by atoms with E-state index in [4.69, 9.17) is 37.9 Å². The van der Waals surface area contributed by atoms with Crippen LogP contribution in [0, 0.1) is 50.2 Å². The van der Waals surface area contributed by atoms with Gasteiger partial charge >= 0.3 is 17.9 Å². The van der Waals surface area contributed by atoms with Crippen molar-refractivity contribution < 1.29 is 108 Å². The number of esters is 2. The van der Waals surface area contributed by atoms with Crippen molar-refractivity contribution in [2.75, 3.05) is 19.8 Å². The standard InChI is InChI=1S/C57H88O22/c1-12-25(3)47(70)78-44-45(79-48(71)26(4)13-2)57(24-60)28(20-52(44,5)6)27-14-15-32-54(9)18-17-34(53(7,8)31(54)16-19-55(32,10)56(27,11)21-33(57)61)74-51-43(77-50-39(66)37(64)35(62)29(22-58)72-50)41(40(67)42(76-51)46(68)69)75-49-38(65)36(63)30(23-59)73-49/h12-14,28-45,49-51,58-67H,15-24H2,1-11H3,(H,68,69)/t28?,29?,30-,31?,32?,33+,34-,35-,36?,37?,38-,39-,40-,41?,42?,43-,44-,45-,49-,50-,51+,54-,55+,56+,57-/m0/s1. The van der Waals surface area contributed by atoms with E-state index in [2.05, 4.69) is 40.7 Å². The van der Waals surface area contributed by atoms with Crippen LogP contribution in [0.2, 0.25) is 0 Å². The van der Waals surface area contributed by atoms with E-state index in [9.17, 15) is 70.6 Å². The molecule has 11 N–H and O–H groups in total. The number of carbonyl (C=O) groups is 3. The molecule has 3 saturated heterocycles. The fourth-order valence-corrected chi connectivity index (χ4v) is 16.2. The summed E-state index contributed by atoms with van der Waals surface area (Å²) in [7, 11) is 0. The Morgan fingerprint density at radius 1 is 0.646 bits per heavy atom. The second kappa shape index (κ2) is 22.5. The first-order chi connectivity index (χ1) is 36.9. The maximum atomic E-state index is 13.8. The average Bonchev–Trinajstić information content (AvgIpc) is 3.87. The molecule has 4 saturated carbocycles. The van der Waals surface area contributed by atoms with E-state index in [1.165, 1.54) is 0 Å². The minimum Gasteiger partial charge on any atom is -0.479 e. The smallest absolute Gasteiger partial charge is 0.335 e. The predicted octanol–water partition coefficient (Wildman–Crippen LogP) is 1.29. The van der Waals surface area contributed by atoms with Crippen molar-refractivity contribution >= 4 is 17.9 Å². The van der Waals surface area contributed by atoms with Gasteiger partial charge in [-0.3, -0.25) is 0 Å².